The second-order valence-corrected chi connectivity index (χ2v) is 11.8. The maximum atomic E-state index is 13.4. The number of rotatable bonds is 20. The van der Waals surface area contributed by atoms with E-state index in [2.05, 4.69) is 41.2 Å². The molecule has 306 valence electrons. The van der Waals surface area contributed by atoms with Crippen molar-refractivity contribution in [1.29, 1.82) is 0 Å². The molecule has 58 heavy (non-hydrogen) atoms. The lowest BCUT2D eigenvalue weighted by atomic mass is 10.1. The molecule has 0 atom stereocenters. The quantitative estimate of drug-likeness (QED) is 0.0769. The fourth-order valence-electron chi connectivity index (χ4n) is 5.03. The average molecular weight is 807 g/mol. The minimum atomic E-state index is -0.992. The van der Waals surface area contributed by atoms with E-state index < -0.39 is 48.0 Å². The summed E-state index contributed by atoms with van der Waals surface area (Å²) >= 11 is 0. The number of ether oxygens (including phenoxy) is 6. The molecular formula is C34H38N12O12. The first-order chi connectivity index (χ1) is 28.0. The van der Waals surface area contributed by atoms with E-state index in [1.807, 2.05) is 0 Å². The molecule has 0 radical (unpaired) electrons. The van der Waals surface area contributed by atoms with Crippen LogP contribution in [0.3, 0.4) is 0 Å². The topological polar surface area (TPSA) is 281 Å². The monoisotopic (exact) mass is 806 g/mol. The van der Waals surface area contributed by atoms with Crippen molar-refractivity contribution >= 4 is 35.8 Å². The summed E-state index contributed by atoms with van der Waals surface area (Å²) in [5.74, 6) is -4.36. The lowest BCUT2D eigenvalue weighted by Crippen LogP contribution is -2.29. The van der Waals surface area contributed by atoms with Gasteiger partial charge < -0.3 is 28.4 Å². The van der Waals surface area contributed by atoms with Crippen LogP contribution in [-0.2, 0) is 54.6 Å². The van der Waals surface area contributed by atoms with Gasteiger partial charge in [0.1, 0.15) is 12.2 Å². The van der Waals surface area contributed by atoms with Crippen LogP contribution in [0.5, 0.6) is 0 Å². The highest BCUT2D eigenvalue weighted by Crippen LogP contribution is 2.14. The SMILES string of the molecule is CCOC(=O)c1cn(CC(Cn2cc(C(=O)OCC)nn2)OC(=O)c2ccc(C(=O)OC(Cn3cc(C(=O)OCC)nn3)Cn3cc(C(=O)OCC)nn3)cc2)nn1. The molecule has 4 heterocycles. The Labute approximate surface area is 328 Å². The van der Waals surface area contributed by atoms with Gasteiger partial charge in [0.15, 0.2) is 22.8 Å². The van der Waals surface area contributed by atoms with Gasteiger partial charge in [0.05, 0.1) is 88.5 Å². The molecule has 0 aliphatic rings. The minimum absolute atomic E-state index is 0.0536. The molecule has 0 unspecified atom stereocenters. The van der Waals surface area contributed by atoms with Crippen molar-refractivity contribution < 1.29 is 57.2 Å². The Kier molecular flexibility index (Phi) is 14.4. The second-order valence-electron chi connectivity index (χ2n) is 11.8. The van der Waals surface area contributed by atoms with E-state index >= 15 is 0 Å². The fraction of sp³-hybridized carbons (Fsp3) is 0.412. The van der Waals surface area contributed by atoms with E-state index in [0.717, 1.165) is 0 Å². The van der Waals surface area contributed by atoms with Gasteiger partial charge in [0.25, 0.3) is 0 Å². The van der Waals surface area contributed by atoms with Crippen LogP contribution in [0.4, 0.5) is 0 Å². The van der Waals surface area contributed by atoms with E-state index in [1.54, 1.807) is 27.7 Å². The number of benzene rings is 1. The summed E-state index contributed by atoms with van der Waals surface area (Å²) in [5.41, 5.74) is -0.143. The highest BCUT2D eigenvalue weighted by molar-refractivity contribution is 5.93. The van der Waals surface area contributed by atoms with Gasteiger partial charge in [0.2, 0.25) is 0 Å². The molecule has 0 amide bonds. The Balaban J connectivity index is 1.29. The molecule has 5 aromatic rings. The molecule has 0 N–H and O–H groups in total. The smallest absolute Gasteiger partial charge is 0.360 e. The molecule has 1 aromatic carbocycles. The Morgan fingerprint density at radius 3 is 0.897 bits per heavy atom. The van der Waals surface area contributed by atoms with Crippen molar-refractivity contribution in [2.75, 3.05) is 26.4 Å². The third kappa shape index (κ3) is 11.3. The number of carbonyl (C=O) groups is 6. The van der Waals surface area contributed by atoms with Crippen molar-refractivity contribution in [3.05, 3.63) is 83.0 Å². The zero-order valence-corrected chi connectivity index (χ0v) is 31.7. The van der Waals surface area contributed by atoms with Crippen molar-refractivity contribution in [3.8, 4) is 0 Å². The molecule has 0 spiro atoms. The first-order valence-corrected chi connectivity index (χ1v) is 17.8. The highest BCUT2D eigenvalue weighted by atomic mass is 16.6. The molecular weight excluding hydrogens is 768 g/mol. The number of carbonyl (C=O) groups excluding carboxylic acids is 6. The van der Waals surface area contributed by atoms with Gasteiger partial charge >= 0.3 is 35.8 Å². The lowest BCUT2D eigenvalue weighted by molar-refractivity contribution is 0.0180. The molecule has 0 aliphatic carbocycles. The maximum Gasteiger partial charge on any atom is 0.360 e. The van der Waals surface area contributed by atoms with Crippen LogP contribution >= 0.6 is 0 Å². The van der Waals surface area contributed by atoms with Crippen LogP contribution < -0.4 is 0 Å². The summed E-state index contributed by atoms with van der Waals surface area (Å²) < 4.78 is 36.5. The zero-order chi connectivity index (χ0) is 41.6. The van der Waals surface area contributed by atoms with Crippen LogP contribution in [0.2, 0.25) is 0 Å². The van der Waals surface area contributed by atoms with Gasteiger partial charge in [-0.05, 0) is 52.0 Å². The molecule has 0 aliphatic heterocycles. The summed E-state index contributed by atoms with van der Waals surface area (Å²) in [7, 11) is 0. The number of hydrogen-bond donors (Lipinski definition) is 0. The third-order valence-corrected chi connectivity index (χ3v) is 7.56. The largest absolute Gasteiger partial charge is 0.461 e. The van der Waals surface area contributed by atoms with Crippen molar-refractivity contribution in [2.24, 2.45) is 0 Å². The summed E-state index contributed by atoms with van der Waals surface area (Å²) in [5, 5.41) is 30.9. The van der Waals surface area contributed by atoms with Gasteiger partial charge in [-0.3, -0.25) is 0 Å². The van der Waals surface area contributed by atoms with Crippen molar-refractivity contribution in [1.82, 2.24) is 60.0 Å². The van der Waals surface area contributed by atoms with E-state index in [0.29, 0.717) is 0 Å². The van der Waals surface area contributed by atoms with E-state index in [9.17, 15) is 28.8 Å². The Hall–Kier alpha value is -7.40. The Morgan fingerprint density at radius 1 is 0.431 bits per heavy atom. The first kappa shape index (κ1) is 41.8. The molecule has 0 saturated heterocycles. The zero-order valence-electron chi connectivity index (χ0n) is 31.7. The number of hydrogen-bond acceptors (Lipinski definition) is 20. The van der Waals surface area contributed by atoms with E-state index in [-0.39, 0.29) is 86.5 Å². The van der Waals surface area contributed by atoms with E-state index in [1.165, 1.54) is 67.8 Å². The van der Waals surface area contributed by atoms with Crippen LogP contribution in [0.25, 0.3) is 0 Å². The first-order valence-electron chi connectivity index (χ1n) is 17.8. The van der Waals surface area contributed by atoms with Gasteiger partial charge in [0, 0.05) is 0 Å². The lowest BCUT2D eigenvalue weighted by Gasteiger charge is -2.18. The predicted molar refractivity (Wildman–Crippen MR) is 189 cm³/mol. The molecule has 5 rings (SSSR count). The molecule has 0 saturated carbocycles. The number of esters is 6. The normalized spacial score (nSPS) is 11.0. The Bertz CT molecular complexity index is 1940. The highest BCUT2D eigenvalue weighted by Gasteiger charge is 2.25. The molecule has 24 nitrogen and oxygen atoms in total. The van der Waals surface area contributed by atoms with Crippen LogP contribution in [0, 0.1) is 0 Å². The minimum Gasteiger partial charge on any atom is -0.461 e. The van der Waals surface area contributed by atoms with Crippen LogP contribution in [0.1, 0.15) is 90.4 Å². The van der Waals surface area contributed by atoms with E-state index in [4.69, 9.17) is 28.4 Å². The average Bonchev–Trinajstić information content (AvgIpc) is 4.04. The van der Waals surface area contributed by atoms with Crippen molar-refractivity contribution in [3.63, 3.8) is 0 Å². The summed E-state index contributed by atoms with van der Waals surface area (Å²) in [6.45, 7) is 6.69. The van der Waals surface area contributed by atoms with Gasteiger partial charge in [-0.2, -0.15) is 0 Å². The summed E-state index contributed by atoms with van der Waals surface area (Å²) in [6.07, 6.45) is 3.30. The molecule has 24 heteroatoms. The van der Waals surface area contributed by atoms with Crippen LogP contribution in [0.15, 0.2) is 49.1 Å². The van der Waals surface area contributed by atoms with Crippen molar-refractivity contribution in [2.45, 2.75) is 66.1 Å². The number of nitrogens with zero attached hydrogens (tertiary/aromatic N) is 12. The summed E-state index contributed by atoms with van der Waals surface area (Å²) in [6, 6.07) is 5.39. The Morgan fingerprint density at radius 2 is 0.672 bits per heavy atom. The fourth-order valence-corrected chi connectivity index (χ4v) is 5.03. The predicted octanol–water partition coefficient (Wildman–Crippen LogP) is 0.611. The van der Waals surface area contributed by atoms with Gasteiger partial charge in [-0.1, -0.05) is 20.9 Å². The molecule has 0 fully saturated rings. The molecule has 4 aromatic heterocycles. The van der Waals surface area contributed by atoms with Gasteiger partial charge in [-0.25, -0.2) is 47.5 Å². The standard InChI is InChI=1S/C34H38N12O12/c1-5-53-31(49)25-17-43(39-35-25)13-23(14-44-18-26(36-40-44)32(50)54-6-2)57-29(47)21-9-11-22(12-10-21)30(48)58-24(15-45-19-27(37-41-45)33(51)55-7-3)16-46-20-28(38-42-46)34(52)56-8-4/h9-12,17-20,23-24H,5-8,13-16H2,1-4H3. The third-order valence-electron chi connectivity index (χ3n) is 7.56. The maximum absolute atomic E-state index is 13.4. The van der Waals surface area contributed by atoms with Crippen LogP contribution in [-0.4, -0.2) is 134 Å². The molecule has 0 bridgehead atoms. The second kappa shape index (κ2) is 20.0. The van der Waals surface area contributed by atoms with Gasteiger partial charge in [-0.15, -0.1) is 20.4 Å². The number of aromatic nitrogens is 12. The summed E-state index contributed by atoms with van der Waals surface area (Å²) in [4.78, 5) is 75.4.